The molecule has 0 spiro atoms. The molecule has 0 aliphatic rings. The lowest BCUT2D eigenvalue weighted by molar-refractivity contribution is -0.115. The third-order valence-corrected chi connectivity index (χ3v) is 2.13. The molecule has 0 saturated heterocycles. The van der Waals surface area contributed by atoms with Crippen LogP contribution in [0.1, 0.15) is 6.42 Å². The maximum absolute atomic E-state index is 11.0. The molecule has 1 heterocycles. The third kappa shape index (κ3) is 2.99. The molecule has 0 bridgehead atoms. The molecule has 1 aromatic rings. The maximum Gasteiger partial charge on any atom is 0.239 e. The van der Waals surface area contributed by atoms with Crippen molar-refractivity contribution in [3.63, 3.8) is 0 Å². The number of nitrogens with zero attached hydrogens (tertiary/aromatic N) is 2. The quantitative estimate of drug-likeness (QED) is 0.839. The fourth-order valence-corrected chi connectivity index (χ4v) is 1.21. The fraction of sp³-hybridized carbons (Fsp3) is 0.125. The first-order chi connectivity index (χ1) is 6.24. The lowest BCUT2D eigenvalue weighted by atomic mass is 10.4. The zero-order chi connectivity index (χ0) is 9.68. The van der Waals surface area contributed by atoms with Gasteiger partial charge in [-0.1, -0.05) is 0 Å². The summed E-state index contributed by atoms with van der Waals surface area (Å²) in [6, 6.07) is 5.37. The largest absolute Gasteiger partial charge is 0.309 e. The van der Waals surface area contributed by atoms with E-state index in [1.54, 1.807) is 18.3 Å². The van der Waals surface area contributed by atoms with Gasteiger partial charge in [0.1, 0.15) is 12.2 Å². The summed E-state index contributed by atoms with van der Waals surface area (Å²) in [5, 5.41) is 10.8. The molecule has 1 aromatic heterocycles. The Morgan fingerprint density at radius 2 is 2.54 bits per heavy atom. The van der Waals surface area contributed by atoms with Gasteiger partial charge in [-0.2, -0.15) is 5.26 Å². The Morgan fingerprint density at radius 3 is 3.15 bits per heavy atom. The van der Waals surface area contributed by atoms with Crippen LogP contribution in [-0.4, -0.2) is 10.9 Å². The second-order valence-corrected chi connectivity index (χ2v) is 3.38. The van der Waals surface area contributed by atoms with Crippen LogP contribution in [-0.2, 0) is 4.79 Å². The van der Waals surface area contributed by atoms with E-state index < -0.39 is 0 Å². The first-order valence-electron chi connectivity index (χ1n) is 3.51. The minimum absolute atomic E-state index is 0.146. The number of anilines is 1. The molecule has 0 aromatic carbocycles. The molecule has 0 radical (unpaired) electrons. The predicted octanol–water partition coefficient (Wildman–Crippen LogP) is 1.54. The van der Waals surface area contributed by atoms with Crippen LogP contribution >= 0.6 is 22.6 Å². The fourth-order valence-electron chi connectivity index (χ4n) is 0.726. The van der Waals surface area contributed by atoms with Gasteiger partial charge in [0.2, 0.25) is 5.91 Å². The molecule has 0 aliphatic carbocycles. The normalized spacial score (nSPS) is 8.92. The zero-order valence-electron chi connectivity index (χ0n) is 6.62. The molecule has 1 N–H and O–H groups in total. The minimum atomic E-state index is -0.334. The second-order valence-electron chi connectivity index (χ2n) is 2.22. The summed E-state index contributed by atoms with van der Waals surface area (Å²) in [6.45, 7) is 0. The molecular formula is C8H6IN3O. The highest BCUT2D eigenvalue weighted by molar-refractivity contribution is 14.1. The van der Waals surface area contributed by atoms with Crippen molar-refractivity contribution in [2.24, 2.45) is 0 Å². The first kappa shape index (κ1) is 9.92. The summed E-state index contributed by atoms with van der Waals surface area (Å²) < 4.78 is 0.853. The Hall–Kier alpha value is -1.16. The number of rotatable bonds is 2. The van der Waals surface area contributed by atoms with Crippen LogP contribution in [0.25, 0.3) is 0 Å². The molecule has 1 amide bonds. The van der Waals surface area contributed by atoms with Crippen molar-refractivity contribution < 1.29 is 4.79 Å². The van der Waals surface area contributed by atoms with Gasteiger partial charge in [0.15, 0.2) is 0 Å². The van der Waals surface area contributed by atoms with Crippen LogP contribution in [0.15, 0.2) is 18.3 Å². The lowest BCUT2D eigenvalue weighted by Gasteiger charge is -2.02. The van der Waals surface area contributed by atoms with Gasteiger partial charge >= 0.3 is 0 Å². The van der Waals surface area contributed by atoms with E-state index in [-0.39, 0.29) is 12.3 Å². The van der Waals surface area contributed by atoms with Gasteiger partial charge in [-0.3, -0.25) is 4.79 Å². The Balaban J connectivity index is 2.70. The molecule has 0 fully saturated rings. The van der Waals surface area contributed by atoms with Crippen molar-refractivity contribution in [1.29, 1.82) is 5.26 Å². The Labute approximate surface area is 89.1 Å². The topological polar surface area (TPSA) is 65.8 Å². The van der Waals surface area contributed by atoms with Crippen LogP contribution in [0.3, 0.4) is 0 Å². The van der Waals surface area contributed by atoms with Gasteiger partial charge < -0.3 is 5.32 Å². The van der Waals surface area contributed by atoms with E-state index in [1.807, 2.05) is 6.07 Å². The number of pyridine rings is 1. The summed E-state index contributed by atoms with van der Waals surface area (Å²) in [5.41, 5.74) is 0. The van der Waals surface area contributed by atoms with Crippen molar-refractivity contribution in [3.8, 4) is 6.07 Å². The van der Waals surface area contributed by atoms with E-state index in [0.29, 0.717) is 5.82 Å². The summed E-state index contributed by atoms with van der Waals surface area (Å²) in [6.07, 6.45) is 1.44. The molecule has 1 rings (SSSR count). The maximum atomic E-state index is 11.0. The van der Waals surface area contributed by atoms with E-state index in [2.05, 4.69) is 32.9 Å². The summed E-state index contributed by atoms with van der Waals surface area (Å²) in [5.74, 6) is 0.169. The highest BCUT2D eigenvalue weighted by Gasteiger charge is 2.04. The van der Waals surface area contributed by atoms with Crippen molar-refractivity contribution in [1.82, 2.24) is 4.98 Å². The van der Waals surface area contributed by atoms with E-state index in [9.17, 15) is 4.79 Å². The summed E-state index contributed by atoms with van der Waals surface area (Å²) in [4.78, 5) is 14.9. The van der Waals surface area contributed by atoms with Gasteiger partial charge in [0.05, 0.1) is 9.64 Å². The van der Waals surface area contributed by atoms with E-state index in [4.69, 9.17) is 5.26 Å². The average molecular weight is 287 g/mol. The number of amides is 1. The number of carbonyl (C=O) groups excluding carboxylic acids is 1. The molecule has 5 heteroatoms. The molecule has 13 heavy (non-hydrogen) atoms. The number of hydrogen-bond acceptors (Lipinski definition) is 3. The highest BCUT2D eigenvalue weighted by Crippen LogP contribution is 2.13. The molecule has 66 valence electrons. The van der Waals surface area contributed by atoms with Crippen LogP contribution in [0.4, 0.5) is 5.82 Å². The number of hydrogen-bond donors (Lipinski definition) is 1. The smallest absolute Gasteiger partial charge is 0.239 e. The monoisotopic (exact) mass is 287 g/mol. The van der Waals surface area contributed by atoms with E-state index >= 15 is 0 Å². The van der Waals surface area contributed by atoms with Gasteiger partial charge in [0, 0.05) is 6.20 Å². The molecule has 0 unspecified atom stereocenters. The van der Waals surface area contributed by atoms with Crippen LogP contribution in [0, 0.1) is 14.9 Å². The third-order valence-electron chi connectivity index (χ3n) is 1.26. The van der Waals surface area contributed by atoms with Gasteiger partial charge in [-0.25, -0.2) is 4.98 Å². The van der Waals surface area contributed by atoms with Crippen LogP contribution < -0.4 is 5.32 Å². The van der Waals surface area contributed by atoms with Crippen molar-refractivity contribution >= 4 is 34.3 Å². The van der Waals surface area contributed by atoms with Crippen LogP contribution in [0.5, 0.6) is 0 Å². The summed E-state index contributed by atoms with van der Waals surface area (Å²) in [7, 11) is 0. The molecule has 0 aliphatic heterocycles. The Bertz CT molecular complexity index is 359. The molecule has 0 atom stereocenters. The average Bonchev–Trinajstić information content (AvgIpc) is 2.09. The van der Waals surface area contributed by atoms with E-state index in [0.717, 1.165) is 3.57 Å². The van der Waals surface area contributed by atoms with Gasteiger partial charge in [-0.15, -0.1) is 0 Å². The molecule has 4 nitrogen and oxygen atoms in total. The molecule has 0 saturated carbocycles. The first-order valence-corrected chi connectivity index (χ1v) is 4.59. The minimum Gasteiger partial charge on any atom is -0.309 e. The predicted molar refractivity (Wildman–Crippen MR) is 55.8 cm³/mol. The zero-order valence-corrected chi connectivity index (χ0v) is 8.78. The standard InChI is InChI=1S/C8H6IN3O/c9-6-2-1-5-11-8(6)12-7(13)3-4-10/h1-2,5H,3H2,(H,11,12,13). The number of nitriles is 1. The Kier molecular flexibility index (Phi) is 3.64. The van der Waals surface area contributed by atoms with Gasteiger partial charge in [0.25, 0.3) is 0 Å². The Morgan fingerprint density at radius 1 is 1.77 bits per heavy atom. The van der Waals surface area contributed by atoms with Crippen molar-refractivity contribution in [2.45, 2.75) is 6.42 Å². The van der Waals surface area contributed by atoms with Crippen LogP contribution in [0.2, 0.25) is 0 Å². The van der Waals surface area contributed by atoms with Crippen molar-refractivity contribution in [3.05, 3.63) is 21.9 Å². The number of nitrogens with one attached hydrogen (secondary N) is 1. The SMILES string of the molecule is N#CCC(=O)Nc1ncccc1I. The second kappa shape index (κ2) is 4.77. The number of aromatic nitrogens is 1. The van der Waals surface area contributed by atoms with Crippen molar-refractivity contribution in [2.75, 3.05) is 5.32 Å². The number of halogens is 1. The van der Waals surface area contributed by atoms with Gasteiger partial charge in [-0.05, 0) is 34.7 Å². The summed E-state index contributed by atoms with van der Waals surface area (Å²) >= 11 is 2.06. The van der Waals surface area contributed by atoms with E-state index in [1.165, 1.54) is 0 Å². The highest BCUT2D eigenvalue weighted by atomic mass is 127. The molecular weight excluding hydrogens is 281 g/mol. The number of carbonyl (C=O) groups is 1. The lowest BCUT2D eigenvalue weighted by Crippen LogP contribution is -2.12.